The summed E-state index contributed by atoms with van der Waals surface area (Å²) in [4.78, 5) is 14.0. The molecule has 0 aliphatic carbocycles. The Balaban J connectivity index is 1.54. The van der Waals surface area contributed by atoms with Gasteiger partial charge in [-0.15, -0.1) is 5.10 Å². The molecule has 1 atom stereocenters. The summed E-state index contributed by atoms with van der Waals surface area (Å²) in [5.41, 5.74) is 4.22. The van der Waals surface area contributed by atoms with Crippen LogP contribution in [0.5, 0.6) is 0 Å². The van der Waals surface area contributed by atoms with E-state index in [4.69, 9.17) is 0 Å². The van der Waals surface area contributed by atoms with Crippen molar-refractivity contribution in [3.05, 3.63) is 77.1 Å². The number of aliphatic hydroxyl groups is 1. The second-order valence-corrected chi connectivity index (χ2v) is 6.28. The molecular formula is C19H18N4O2. The fraction of sp³-hybridized carbons (Fsp3) is 0.211. The van der Waals surface area contributed by atoms with Crippen molar-refractivity contribution < 1.29 is 9.90 Å². The van der Waals surface area contributed by atoms with Crippen molar-refractivity contribution in [2.75, 3.05) is 4.90 Å². The number of benzene rings is 2. The number of hydrogen-bond donors (Lipinski definition) is 1. The van der Waals surface area contributed by atoms with Crippen LogP contribution in [0.25, 0.3) is 0 Å². The number of carbonyl (C=O) groups excluding carboxylic acids is 1. The van der Waals surface area contributed by atoms with Crippen molar-refractivity contribution in [3.8, 4) is 0 Å². The zero-order valence-corrected chi connectivity index (χ0v) is 13.8. The maximum Gasteiger partial charge on any atom is 0.260 e. The molecule has 3 aromatic rings. The lowest BCUT2D eigenvalue weighted by Gasteiger charge is -2.15. The summed E-state index contributed by atoms with van der Waals surface area (Å²) >= 11 is 0. The summed E-state index contributed by atoms with van der Waals surface area (Å²) < 4.78 is 1.75. The van der Waals surface area contributed by atoms with Crippen molar-refractivity contribution in [1.29, 1.82) is 0 Å². The van der Waals surface area contributed by atoms with Gasteiger partial charge in [0.1, 0.15) is 5.69 Å². The van der Waals surface area contributed by atoms with Crippen LogP contribution >= 0.6 is 0 Å². The molecule has 0 radical (unpaired) electrons. The van der Waals surface area contributed by atoms with E-state index in [1.165, 1.54) is 0 Å². The van der Waals surface area contributed by atoms with Gasteiger partial charge in [0.2, 0.25) is 0 Å². The van der Waals surface area contributed by atoms with Crippen LogP contribution in [0.3, 0.4) is 0 Å². The van der Waals surface area contributed by atoms with Gasteiger partial charge in [0, 0.05) is 5.56 Å². The molecular weight excluding hydrogens is 316 g/mol. The summed E-state index contributed by atoms with van der Waals surface area (Å²) in [6.45, 7) is 2.86. The minimum Gasteiger partial charge on any atom is -0.378 e. The number of fused-ring (bicyclic) bond motifs is 1. The lowest BCUT2D eigenvalue weighted by molar-refractivity contribution is -0.125. The van der Waals surface area contributed by atoms with Gasteiger partial charge in [-0.05, 0) is 18.6 Å². The lowest BCUT2D eigenvalue weighted by atomic mass is 10.1. The first kappa shape index (κ1) is 15.5. The number of aromatic nitrogens is 3. The third-order valence-electron chi connectivity index (χ3n) is 4.36. The van der Waals surface area contributed by atoms with Crippen molar-refractivity contribution >= 4 is 11.6 Å². The number of rotatable bonds is 4. The van der Waals surface area contributed by atoms with Crippen molar-refractivity contribution in [3.63, 3.8) is 0 Å². The Morgan fingerprint density at radius 1 is 1.12 bits per heavy atom. The number of aryl methyl sites for hydroxylation is 1. The molecule has 6 nitrogen and oxygen atoms in total. The molecule has 25 heavy (non-hydrogen) atoms. The largest absolute Gasteiger partial charge is 0.378 e. The summed E-state index contributed by atoms with van der Waals surface area (Å²) in [6, 6.07) is 15.6. The Labute approximate surface area is 145 Å². The highest BCUT2D eigenvalue weighted by atomic mass is 16.3. The van der Waals surface area contributed by atoms with Gasteiger partial charge < -0.3 is 10.0 Å². The van der Waals surface area contributed by atoms with E-state index in [-0.39, 0.29) is 5.91 Å². The third kappa shape index (κ3) is 2.92. The maximum atomic E-state index is 12.4. The van der Waals surface area contributed by atoms with Gasteiger partial charge in [-0.1, -0.05) is 53.2 Å². The van der Waals surface area contributed by atoms with Gasteiger partial charge in [-0.3, -0.25) is 4.79 Å². The van der Waals surface area contributed by atoms with E-state index in [1.807, 2.05) is 61.7 Å². The first-order valence-corrected chi connectivity index (χ1v) is 8.15. The number of nitrogens with zero attached hydrogens (tertiary/aromatic N) is 4. The summed E-state index contributed by atoms with van der Waals surface area (Å²) in [5.74, 6) is -0.321. The highest BCUT2D eigenvalue weighted by Gasteiger charge is 2.36. The van der Waals surface area contributed by atoms with Crippen molar-refractivity contribution in [1.82, 2.24) is 15.0 Å². The fourth-order valence-electron chi connectivity index (χ4n) is 3.12. The van der Waals surface area contributed by atoms with Gasteiger partial charge >= 0.3 is 0 Å². The van der Waals surface area contributed by atoms with E-state index < -0.39 is 6.10 Å². The Morgan fingerprint density at radius 3 is 2.72 bits per heavy atom. The normalized spacial score (nSPS) is 16.3. The summed E-state index contributed by atoms with van der Waals surface area (Å²) in [7, 11) is 0. The molecule has 6 heteroatoms. The second kappa shape index (κ2) is 6.14. The molecule has 1 aliphatic rings. The van der Waals surface area contributed by atoms with E-state index in [0.29, 0.717) is 24.3 Å². The highest BCUT2D eigenvalue weighted by molar-refractivity contribution is 6.03. The van der Waals surface area contributed by atoms with Gasteiger partial charge in [0.25, 0.3) is 5.91 Å². The molecule has 0 saturated heterocycles. The fourth-order valence-corrected chi connectivity index (χ4v) is 3.12. The van der Waals surface area contributed by atoms with Gasteiger partial charge in [-0.25, -0.2) is 4.68 Å². The molecule has 1 unspecified atom stereocenters. The number of amides is 1. The number of anilines is 1. The predicted octanol–water partition coefficient (Wildman–Crippen LogP) is 2.22. The molecule has 1 aromatic heterocycles. The van der Waals surface area contributed by atoms with Gasteiger partial charge in [0.05, 0.1) is 25.0 Å². The Kier molecular flexibility index (Phi) is 3.82. The second-order valence-electron chi connectivity index (χ2n) is 6.28. The average molecular weight is 334 g/mol. The maximum absolute atomic E-state index is 12.4. The van der Waals surface area contributed by atoms with E-state index in [1.54, 1.807) is 9.58 Å². The topological polar surface area (TPSA) is 71.2 Å². The SMILES string of the molecule is Cc1ccc2c(c1)C(O)C(=O)N2Cc1cn(Cc2ccccc2)nn1. The molecule has 1 aliphatic heterocycles. The first-order valence-electron chi connectivity index (χ1n) is 8.15. The van der Waals surface area contributed by atoms with E-state index >= 15 is 0 Å². The Morgan fingerprint density at radius 2 is 1.92 bits per heavy atom. The quantitative estimate of drug-likeness (QED) is 0.794. The van der Waals surface area contributed by atoms with Crippen LogP contribution in [0.15, 0.2) is 54.7 Å². The van der Waals surface area contributed by atoms with E-state index in [2.05, 4.69) is 10.3 Å². The van der Waals surface area contributed by atoms with Gasteiger partial charge in [-0.2, -0.15) is 0 Å². The predicted molar refractivity (Wildman–Crippen MR) is 92.9 cm³/mol. The molecule has 0 spiro atoms. The Hall–Kier alpha value is -2.99. The molecule has 1 N–H and O–H groups in total. The van der Waals surface area contributed by atoms with Crippen LogP contribution < -0.4 is 4.90 Å². The van der Waals surface area contributed by atoms with E-state index in [0.717, 1.165) is 16.8 Å². The molecule has 1 amide bonds. The molecule has 0 fully saturated rings. The smallest absolute Gasteiger partial charge is 0.260 e. The lowest BCUT2D eigenvalue weighted by Crippen LogP contribution is -2.28. The van der Waals surface area contributed by atoms with Crippen LogP contribution in [0, 0.1) is 6.92 Å². The van der Waals surface area contributed by atoms with Crippen molar-refractivity contribution in [2.24, 2.45) is 0 Å². The minimum atomic E-state index is -1.10. The molecule has 0 bridgehead atoms. The molecule has 126 valence electrons. The van der Waals surface area contributed by atoms with Crippen LogP contribution in [0.1, 0.15) is 28.5 Å². The first-order chi connectivity index (χ1) is 12.1. The number of aliphatic hydroxyl groups excluding tert-OH is 1. The summed E-state index contributed by atoms with van der Waals surface area (Å²) in [6.07, 6.45) is 0.730. The van der Waals surface area contributed by atoms with Crippen LogP contribution in [0.2, 0.25) is 0 Å². The molecule has 0 saturated carbocycles. The van der Waals surface area contributed by atoms with Crippen LogP contribution in [-0.2, 0) is 17.9 Å². The summed E-state index contributed by atoms with van der Waals surface area (Å²) in [5, 5.41) is 18.5. The minimum absolute atomic E-state index is 0.292. The van der Waals surface area contributed by atoms with Crippen LogP contribution in [-0.4, -0.2) is 26.0 Å². The third-order valence-corrected chi connectivity index (χ3v) is 4.36. The molecule has 4 rings (SSSR count). The highest BCUT2D eigenvalue weighted by Crippen LogP contribution is 2.37. The average Bonchev–Trinajstić information content (AvgIpc) is 3.15. The van der Waals surface area contributed by atoms with Crippen LogP contribution in [0.4, 0.5) is 5.69 Å². The standard InChI is InChI=1S/C19H18N4O2/c1-13-7-8-17-16(9-13)18(24)19(25)23(17)12-15-11-22(21-20-15)10-14-5-3-2-4-6-14/h2-9,11,18,24H,10,12H2,1H3. The Bertz CT molecular complexity index is 920. The number of carbonyl (C=O) groups is 1. The van der Waals surface area contributed by atoms with Crippen molar-refractivity contribution in [2.45, 2.75) is 26.1 Å². The number of hydrogen-bond acceptors (Lipinski definition) is 4. The zero-order chi connectivity index (χ0) is 17.4. The monoisotopic (exact) mass is 334 g/mol. The molecule has 2 aromatic carbocycles. The van der Waals surface area contributed by atoms with E-state index in [9.17, 15) is 9.90 Å². The zero-order valence-electron chi connectivity index (χ0n) is 13.8. The van der Waals surface area contributed by atoms with Gasteiger partial charge in [0.15, 0.2) is 6.10 Å². The molecule has 2 heterocycles.